The van der Waals surface area contributed by atoms with Gasteiger partial charge in [0.2, 0.25) is 0 Å². The molecule has 0 heterocycles. The normalized spacial score (nSPS) is 14.7. The molecule has 70 valence electrons. The van der Waals surface area contributed by atoms with E-state index in [9.17, 15) is 9.90 Å². The number of hydrogen-bond donors (Lipinski definition) is 3. The largest absolute Gasteiger partial charge is 0.467 e. The number of carbonyl (C=O) groups excluding carboxylic acids is 1. The number of esters is 1. The highest BCUT2D eigenvalue weighted by molar-refractivity contribution is 5.75. The zero-order valence-corrected chi connectivity index (χ0v) is 7.07. The van der Waals surface area contributed by atoms with Gasteiger partial charge in [0.05, 0.1) is 7.11 Å². The van der Waals surface area contributed by atoms with Crippen molar-refractivity contribution >= 4 is 5.97 Å². The van der Waals surface area contributed by atoms with Crippen LogP contribution < -0.4 is 5.32 Å². The Balaban J connectivity index is 4.18. The van der Waals surface area contributed by atoms with Gasteiger partial charge >= 0.3 is 5.97 Å². The van der Waals surface area contributed by atoms with Gasteiger partial charge in [0.25, 0.3) is 0 Å². The molecule has 0 radical (unpaired) electrons. The van der Waals surface area contributed by atoms with E-state index in [1.54, 1.807) is 0 Å². The third kappa shape index (κ3) is 2.52. The summed E-state index contributed by atoms with van der Waals surface area (Å²) in [5, 5.41) is 20.7. The first kappa shape index (κ1) is 10.9. The molecule has 0 saturated heterocycles. The van der Waals surface area contributed by atoms with Crippen molar-refractivity contribution in [1.82, 2.24) is 5.32 Å². The Morgan fingerprint density at radius 2 is 2.00 bits per heavy atom. The minimum Gasteiger partial charge on any atom is -0.467 e. The van der Waals surface area contributed by atoms with Crippen LogP contribution in [0.3, 0.4) is 0 Å². The molecule has 12 heavy (non-hydrogen) atoms. The summed E-state index contributed by atoms with van der Waals surface area (Å²) in [6, 6.07) is 0. The highest BCUT2D eigenvalue weighted by Gasteiger charge is 2.26. The number of aliphatic hydroxyl groups excluding tert-OH is 2. The van der Waals surface area contributed by atoms with Crippen molar-refractivity contribution in [1.29, 1.82) is 0 Å². The zero-order valence-electron chi connectivity index (χ0n) is 7.07. The molecule has 0 aromatic heterocycles. The predicted octanol–water partition coefficient (Wildman–Crippen LogP) is -1.39. The Bertz CT molecular complexity index is 160. The maximum absolute atomic E-state index is 10.7. The lowest BCUT2D eigenvalue weighted by Crippen LogP contribution is -2.38. The Morgan fingerprint density at radius 3 is 2.33 bits per heavy atom. The van der Waals surface area contributed by atoms with E-state index in [4.69, 9.17) is 5.11 Å². The van der Waals surface area contributed by atoms with E-state index in [0.29, 0.717) is 0 Å². The Morgan fingerprint density at radius 1 is 1.50 bits per heavy atom. The summed E-state index contributed by atoms with van der Waals surface area (Å²) in [5.41, 5.74) is 0.160. The van der Waals surface area contributed by atoms with Crippen LogP contribution in [0.15, 0.2) is 12.3 Å². The first-order valence-electron chi connectivity index (χ1n) is 3.35. The molecule has 3 N–H and O–H groups in total. The van der Waals surface area contributed by atoms with Gasteiger partial charge in [-0.3, -0.25) is 0 Å². The van der Waals surface area contributed by atoms with E-state index >= 15 is 0 Å². The fourth-order valence-corrected chi connectivity index (χ4v) is 0.588. The van der Waals surface area contributed by atoms with E-state index in [2.05, 4.69) is 16.6 Å². The van der Waals surface area contributed by atoms with Crippen LogP contribution in [0.25, 0.3) is 0 Å². The minimum absolute atomic E-state index is 0.160. The second-order valence-electron chi connectivity index (χ2n) is 2.19. The molecule has 2 atom stereocenters. The van der Waals surface area contributed by atoms with Crippen LogP contribution in [0.1, 0.15) is 0 Å². The maximum atomic E-state index is 10.7. The maximum Gasteiger partial charge on any atom is 0.337 e. The molecule has 5 nitrogen and oxygen atoms in total. The molecule has 0 fully saturated rings. The third-order valence-electron chi connectivity index (χ3n) is 1.42. The molecular formula is C7H13NO4. The van der Waals surface area contributed by atoms with Gasteiger partial charge in [0.1, 0.15) is 6.10 Å². The number of ether oxygens (including phenoxy) is 1. The van der Waals surface area contributed by atoms with Gasteiger partial charge in [0.15, 0.2) is 6.10 Å². The van der Waals surface area contributed by atoms with E-state index in [-0.39, 0.29) is 5.70 Å². The lowest BCUT2D eigenvalue weighted by molar-refractivity contribution is -0.155. The van der Waals surface area contributed by atoms with Crippen LogP contribution in [0.5, 0.6) is 0 Å². The molecule has 0 aromatic rings. The number of likely N-dealkylation sites (N-methyl/N-ethyl adjacent to an activating group) is 1. The molecule has 0 saturated carbocycles. The number of rotatable bonds is 4. The molecule has 0 unspecified atom stereocenters. The van der Waals surface area contributed by atoms with Gasteiger partial charge < -0.3 is 20.3 Å². The fourth-order valence-electron chi connectivity index (χ4n) is 0.588. The summed E-state index contributed by atoms with van der Waals surface area (Å²) in [6.45, 7) is 3.38. The molecule has 0 aromatic carbocycles. The Hall–Kier alpha value is -1.07. The van der Waals surface area contributed by atoms with Gasteiger partial charge in [-0.2, -0.15) is 0 Å². The molecule has 0 bridgehead atoms. The van der Waals surface area contributed by atoms with Crippen LogP contribution in [-0.2, 0) is 9.53 Å². The fraction of sp³-hybridized carbons (Fsp3) is 0.571. The van der Waals surface area contributed by atoms with Gasteiger partial charge in [-0.25, -0.2) is 4.79 Å². The van der Waals surface area contributed by atoms with Crippen molar-refractivity contribution in [2.45, 2.75) is 12.2 Å². The molecule has 0 rings (SSSR count). The topological polar surface area (TPSA) is 78.8 Å². The summed E-state index contributed by atoms with van der Waals surface area (Å²) < 4.78 is 4.21. The third-order valence-corrected chi connectivity index (χ3v) is 1.42. The smallest absolute Gasteiger partial charge is 0.337 e. The second kappa shape index (κ2) is 4.74. The molecule has 0 aliphatic carbocycles. The van der Waals surface area contributed by atoms with Crippen molar-refractivity contribution in [2.24, 2.45) is 0 Å². The standard InChI is InChI=1S/C7H13NO4/c1-4(8-2)5(9)6(10)7(11)12-3/h5-6,8-10H,1H2,2-3H3/t5-,6+/m0/s1. The number of aliphatic hydroxyl groups is 2. The summed E-state index contributed by atoms with van der Waals surface area (Å²) in [6.07, 6.45) is -2.93. The highest BCUT2D eigenvalue weighted by atomic mass is 16.5. The molecule has 5 heteroatoms. The summed E-state index contributed by atoms with van der Waals surface area (Å²) >= 11 is 0. The van der Waals surface area contributed by atoms with Gasteiger partial charge in [0, 0.05) is 12.7 Å². The van der Waals surface area contributed by atoms with Crippen LogP contribution in [0.4, 0.5) is 0 Å². The van der Waals surface area contributed by atoms with Crippen molar-refractivity contribution in [3.05, 3.63) is 12.3 Å². The first-order valence-corrected chi connectivity index (χ1v) is 3.35. The quantitative estimate of drug-likeness (QED) is 0.459. The number of methoxy groups -OCH3 is 1. The number of nitrogens with one attached hydrogen (secondary N) is 1. The van der Waals surface area contributed by atoms with Crippen molar-refractivity contribution in [3.63, 3.8) is 0 Å². The van der Waals surface area contributed by atoms with Crippen molar-refractivity contribution in [2.75, 3.05) is 14.2 Å². The van der Waals surface area contributed by atoms with Crippen LogP contribution in [-0.4, -0.2) is 42.5 Å². The number of hydrogen-bond acceptors (Lipinski definition) is 5. The summed E-state index contributed by atoms with van der Waals surface area (Å²) in [5.74, 6) is -0.890. The Kier molecular flexibility index (Phi) is 4.31. The molecule has 0 aliphatic heterocycles. The average Bonchev–Trinajstić information content (AvgIpc) is 2.12. The first-order chi connectivity index (χ1) is 5.54. The molecular weight excluding hydrogens is 162 g/mol. The molecule has 0 spiro atoms. The summed E-state index contributed by atoms with van der Waals surface area (Å²) in [7, 11) is 2.65. The van der Waals surface area contributed by atoms with Gasteiger partial charge in [-0.1, -0.05) is 6.58 Å². The van der Waals surface area contributed by atoms with Crippen LogP contribution >= 0.6 is 0 Å². The monoisotopic (exact) mass is 175 g/mol. The summed E-state index contributed by atoms with van der Waals surface area (Å²) in [4.78, 5) is 10.7. The lowest BCUT2D eigenvalue weighted by Gasteiger charge is -2.17. The van der Waals surface area contributed by atoms with E-state index in [1.165, 1.54) is 7.05 Å². The van der Waals surface area contributed by atoms with Gasteiger partial charge in [-0.05, 0) is 0 Å². The predicted molar refractivity (Wildman–Crippen MR) is 42.2 cm³/mol. The van der Waals surface area contributed by atoms with Crippen LogP contribution in [0.2, 0.25) is 0 Å². The van der Waals surface area contributed by atoms with Gasteiger partial charge in [-0.15, -0.1) is 0 Å². The Labute approximate surface area is 70.7 Å². The van der Waals surface area contributed by atoms with E-state index in [0.717, 1.165) is 7.11 Å². The SMILES string of the molecule is C=C(NC)[C@H](O)[C@@H](O)C(=O)OC. The molecule has 0 amide bonds. The highest BCUT2D eigenvalue weighted by Crippen LogP contribution is 2.02. The second-order valence-corrected chi connectivity index (χ2v) is 2.19. The van der Waals surface area contributed by atoms with Crippen molar-refractivity contribution in [3.8, 4) is 0 Å². The van der Waals surface area contributed by atoms with E-state index in [1.807, 2.05) is 0 Å². The van der Waals surface area contributed by atoms with E-state index < -0.39 is 18.2 Å². The van der Waals surface area contributed by atoms with Crippen LogP contribution in [0, 0.1) is 0 Å². The zero-order chi connectivity index (χ0) is 9.72. The van der Waals surface area contributed by atoms with Crippen molar-refractivity contribution < 1.29 is 19.7 Å². The minimum atomic E-state index is -1.59. The molecule has 0 aliphatic rings. The number of carbonyl (C=O) groups is 1. The lowest BCUT2D eigenvalue weighted by atomic mass is 10.1. The average molecular weight is 175 g/mol.